The Morgan fingerprint density at radius 3 is 2.29 bits per heavy atom. The van der Waals surface area contributed by atoms with Gasteiger partial charge in [0.2, 0.25) is 17.1 Å². The highest BCUT2D eigenvalue weighted by molar-refractivity contribution is 5.89. The Balaban J connectivity index is 1.88. The number of nitrogens with one attached hydrogen (secondary N) is 1. The van der Waals surface area contributed by atoms with Crippen molar-refractivity contribution in [1.82, 2.24) is 0 Å². The average molecular weight is 418 g/mol. The fourth-order valence-corrected chi connectivity index (χ4v) is 5.79. The Bertz CT molecular complexity index is 983. The summed E-state index contributed by atoms with van der Waals surface area (Å²) in [6, 6.07) is 14.1. The first-order valence-corrected chi connectivity index (χ1v) is 11.0. The van der Waals surface area contributed by atoms with E-state index in [1.165, 1.54) is 0 Å². The molecular weight excluding hydrogens is 390 g/mol. The van der Waals surface area contributed by atoms with Crippen LogP contribution in [-0.4, -0.2) is 24.8 Å². The highest BCUT2D eigenvalue weighted by atomic mass is 16.7. The maximum atomic E-state index is 10.4. The van der Waals surface area contributed by atoms with Crippen molar-refractivity contribution in [2.45, 2.75) is 57.8 Å². The first-order chi connectivity index (χ1) is 15.0. The fraction of sp³-hybridized carbons (Fsp3) is 0.583. The van der Waals surface area contributed by atoms with Gasteiger partial charge in [-0.1, -0.05) is 25.0 Å². The predicted molar refractivity (Wildman–Crippen MR) is 114 cm³/mol. The zero-order chi connectivity index (χ0) is 22.3. The van der Waals surface area contributed by atoms with Crippen LogP contribution in [0.3, 0.4) is 0 Å². The maximum Gasteiger partial charge on any atom is 0.217 e. The summed E-state index contributed by atoms with van der Waals surface area (Å²) in [6.07, 6.45) is 2.83. The Hall–Kier alpha value is -3.08. The van der Waals surface area contributed by atoms with Crippen LogP contribution in [0.5, 0.6) is 0 Å². The lowest BCUT2D eigenvalue weighted by Crippen LogP contribution is -2.59. The monoisotopic (exact) mass is 417 g/mol. The zero-order valence-electron chi connectivity index (χ0n) is 18.0. The van der Waals surface area contributed by atoms with Gasteiger partial charge in [0.05, 0.1) is 24.1 Å². The molecule has 2 bridgehead atoms. The van der Waals surface area contributed by atoms with Gasteiger partial charge in [-0.05, 0) is 44.4 Å². The highest BCUT2D eigenvalue weighted by Gasteiger charge is 2.80. The van der Waals surface area contributed by atoms with Crippen LogP contribution in [0.25, 0.3) is 0 Å². The molecule has 0 spiro atoms. The van der Waals surface area contributed by atoms with E-state index in [1.807, 2.05) is 24.3 Å². The Morgan fingerprint density at radius 1 is 1.03 bits per heavy atom. The van der Waals surface area contributed by atoms with E-state index in [-0.39, 0.29) is 5.90 Å². The van der Waals surface area contributed by atoms with E-state index >= 15 is 0 Å². The number of rotatable bonds is 4. The molecule has 160 valence electrons. The quantitative estimate of drug-likeness (QED) is 0.774. The van der Waals surface area contributed by atoms with Gasteiger partial charge in [0.15, 0.2) is 5.41 Å². The van der Waals surface area contributed by atoms with Crippen LogP contribution in [-0.2, 0) is 9.47 Å². The summed E-state index contributed by atoms with van der Waals surface area (Å²) in [5.74, 6) is -1.94. The molecule has 2 aliphatic heterocycles. The van der Waals surface area contributed by atoms with Crippen molar-refractivity contribution < 1.29 is 9.47 Å². The van der Waals surface area contributed by atoms with Gasteiger partial charge in [0, 0.05) is 25.2 Å². The molecule has 0 aromatic heterocycles. The van der Waals surface area contributed by atoms with Crippen molar-refractivity contribution in [2.24, 2.45) is 16.7 Å². The van der Waals surface area contributed by atoms with Crippen molar-refractivity contribution in [2.75, 3.05) is 18.0 Å². The molecule has 7 heteroatoms. The number of nitriles is 3. The predicted octanol–water partition coefficient (Wildman–Crippen LogP) is 4.43. The molecule has 3 fully saturated rings. The molecule has 1 N–H and O–H groups in total. The van der Waals surface area contributed by atoms with Crippen molar-refractivity contribution in [1.29, 1.82) is 21.2 Å². The second-order valence-electron chi connectivity index (χ2n) is 8.61. The summed E-state index contributed by atoms with van der Waals surface area (Å²) in [4.78, 5) is 2.20. The minimum Gasteiger partial charge on any atom is -0.447 e. The molecule has 4 atom stereocenters. The molecule has 2 saturated heterocycles. The molecule has 1 aromatic rings. The molecule has 7 nitrogen and oxygen atoms in total. The van der Waals surface area contributed by atoms with Gasteiger partial charge in [-0.2, -0.15) is 15.8 Å². The Morgan fingerprint density at radius 2 is 1.71 bits per heavy atom. The van der Waals surface area contributed by atoms with Gasteiger partial charge in [-0.3, -0.25) is 5.41 Å². The van der Waals surface area contributed by atoms with Crippen LogP contribution in [0.2, 0.25) is 0 Å². The van der Waals surface area contributed by atoms with Crippen LogP contribution in [0.15, 0.2) is 24.3 Å². The summed E-state index contributed by atoms with van der Waals surface area (Å²) >= 11 is 0. The average Bonchev–Trinajstić information content (AvgIpc) is 2.92. The number of anilines is 1. The van der Waals surface area contributed by atoms with Gasteiger partial charge in [-0.25, -0.2) is 0 Å². The number of ether oxygens (including phenoxy) is 2. The van der Waals surface area contributed by atoms with E-state index in [1.54, 1.807) is 0 Å². The second-order valence-corrected chi connectivity index (χ2v) is 8.61. The van der Waals surface area contributed by atoms with Gasteiger partial charge in [0.25, 0.3) is 0 Å². The molecule has 4 unspecified atom stereocenters. The van der Waals surface area contributed by atoms with Crippen LogP contribution in [0, 0.1) is 56.2 Å². The van der Waals surface area contributed by atoms with E-state index in [0.717, 1.165) is 38.0 Å². The van der Waals surface area contributed by atoms with Crippen LogP contribution in [0.1, 0.15) is 57.6 Å². The van der Waals surface area contributed by atoms with E-state index in [4.69, 9.17) is 14.9 Å². The third-order valence-corrected chi connectivity index (χ3v) is 7.39. The molecule has 1 saturated carbocycles. The minimum absolute atomic E-state index is 0.299. The van der Waals surface area contributed by atoms with Crippen molar-refractivity contribution in [3.63, 3.8) is 0 Å². The largest absolute Gasteiger partial charge is 0.447 e. The normalized spacial score (nSPS) is 33.1. The van der Waals surface area contributed by atoms with Crippen molar-refractivity contribution in [3.05, 3.63) is 29.8 Å². The van der Waals surface area contributed by atoms with Gasteiger partial charge < -0.3 is 14.4 Å². The molecule has 1 aliphatic carbocycles. The lowest BCUT2D eigenvalue weighted by Gasteiger charge is -2.49. The zero-order valence-corrected chi connectivity index (χ0v) is 18.0. The first kappa shape index (κ1) is 21.2. The highest BCUT2D eigenvalue weighted by Crippen LogP contribution is 2.69. The number of nitrogens with zero attached hydrogens (tertiary/aromatic N) is 4. The molecule has 2 heterocycles. The lowest BCUT2D eigenvalue weighted by molar-refractivity contribution is -0.284. The van der Waals surface area contributed by atoms with Crippen LogP contribution in [0.4, 0.5) is 5.69 Å². The smallest absolute Gasteiger partial charge is 0.217 e. The number of benzene rings is 1. The summed E-state index contributed by atoms with van der Waals surface area (Å²) < 4.78 is 12.5. The third-order valence-electron chi connectivity index (χ3n) is 7.39. The molecule has 3 aliphatic rings. The van der Waals surface area contributed by atoms with E-state index in [9.17, 15) is 15.8 Å². The fourth-order valence-electron chi connectivity index (χ4n) is 5.79. The van der Waals surface area contributed by atoms with E-state index in [0.29, 0.717) is 18.4 Å². The van der Waals surface area contributed by atoms with Gasteiger partial charge >= 0.3 is 0 Å². The summed E-state index contributed by atoms with van der Waals surface area (Å²) in [7, 11) is 0. The summed E-state index contributed by atoms with van der Waals surface area (Å²) in [6.45, 7) is 5.90. The van der Waals surface area contributed by atoms with Crippen LogP contribution >= 0.6 is 0 Å². The molecule has 0 amide bonds. The van der Waals surface area contributed by atoms with Crippen LogP contribution < -0.4 is 4.90 Å². The number of hydrogen-bond acceptors (Lipinski definition) is 7. The van der Waals surface area contributed by atoms with Crippen molar-refractivity contribution in [3.8, 4) is 18.2 Å². The maximum absolute atomic E-state index is 10.4. The minimum atomic E-state index is -1.87. The second kappa shape index (κ2) is 7.56. The van der Waals surface area contributed by atoms with Gasteiger partial charge in [0.1, 0.15) is 6.10 Å². The van der Waals surface area contributed by atoms with Crippen molar-refractivity contribution >= 4 is 11.6 Å². The summed E-state index contributed by atoms with van der Waals surface area (Å²) in [5, 5.41) is 39.6. The van der Waals surface area contributed by atoms with Gasteiger partial charge in [-0.15, -0.1) is 0 Å². The Labute approximate surface area is 183 Å². The third kappa shape index (κ3) is 2.62. The SMILES string of the molecule is CCN(CC)c1ccc(C2OC34CCCCCC3C(C#N)(C(=N)O4)C2(C#N)C#N)cc1. The first-order valence-electron chi connectivity index (χ1n) is 11.0. The molecule has 4 rings (SSSR count). The molecule has 1 aromatic carbocycles. The lowest BCUT2D eigenvalue weighted by atomic mass is 9.52. The topological polar surface area (TPSA) is 117 Å². The molecular formula is C24H27N5O2. The van der Waals surface area contributed by atoms with E-state index < -0.39 is 28.6 Å². The Kier molecular flexibility index (Phi) is 5.16. The molecule has 31 heavy (non-hydrogen) atoms. The standard InChI is InChI=1S/C24H27N5O2/c1-3-29(4-2)18-11-9-17(10-12-18)20-22(14-25,15-26)23(16-27)19-8-6-5-7-13-24(19,30-20)31-21(23)28/h9-12,19-20,28H,3-8,13H2,1-2H3. The van der Waals surface area contributed by atoms with E-state index in [2.05, 4.69) is 37.0 Å². The summed E-state index contributed by atoms with van der Waals surface area (Å²) in [5.41, 5.74) is -1.83. The molecule has 0 radical (unpaired) electrons. The number of hydrogen-bond donors (Lipinski definition) is 1.